The van der Waals surface area contributed by atoms with Gasteiger partial charge in [0, 0.05) is 12.8 Å². The van der Waals surface area contributed by atoms with E-state index in [-0.39, 0.29) is 5.75 Å². The largest absolute Gasteiger partial charge is 0.383 e. The quantitative estimate of drug-likeness (QED) is 0.887. The average Bonchev–Trinajstić information content (AvgIpc) is 2.08. The Kier molecular flexibility index (Phi) is 3.99. The van der Waals surface area contributed by atoms with Gasteiger partial charge in [-0.25, -0.2) is 8.42 Å². The van der Waals surface area contributed by atoms with Crippen LogP contribution in [0.4, 0.5) is 5.69 Å². The highest BCUT2D eigenvalue weighted by molar-refractivity contribution is 7.90. The second-order valence-electron chi connectivity index (χ2n) is 3.49. The van der Waals surface area contributed by atoms with E-state index in [1.807, 2.05) is 19.1 Å². The predicted octanol–water partition coefficient (Wildman–Crippen LogP) is 2.10. The van der Waals surface area contributed by atoms with Crippen LogP contribution in [0.3, 0.4) is 0 Å². The van der Waals surface area contributed by atoms with Gasteiger partial charge in [0.2, 0.25) is 0 Å². The van der Waals surface area contributed by atoms with E-state index >= 15 is 0 Å². The molecule has 0 unspecified atom stereocenters. The minimum Gasteiger partial charge on any atom is -0.383 e. The summed E-state index contributed by atoms with van der Waals surface area (Å²) in [5.41, 5.74) is 1.82. The van der Waals surface area contributed by atoms with Gasteiger partial charge < -0.3 is 5.32 Å². The monoisotopic (exact) mass is 247 g/mol. The van der Waals surface area contributed by atoms with E-state index in [1.54, 1.807) is 6.07 Å². The Morgan fingerprint density at radius 3 is 2.60 bits per heavy atom. The van der Waals surface area contributed by atoms with Crippen LogP contribution in [0, 0.1) is 6.92 Å². The molecule has 1 rings (SSSR count). The maximum absolute atomic E-state index is 10.9. The Bertz CT molecular complexity index is 422. The number of anilines is 1. The summed E-state index contributed by atoms with van der Waals surface area (Å²) in [5, 5.41) is 3.64. The molecule has 0 saturated heterocycles. The molecule has 15 heavy (non-hydrogen) atoms. The minimum atomic E-state index is -2.93. The molecule has 0 spiro atoms. The van der Waals surface area contributed by atoms with Crippen molar-refractivity contribution in [2.24, 2.45) is 0 Å². The van der Waals surface area contributed by atoms with Crippen molar-refractivity contribution in [3.8, 4) is 0 Å². The molecule has 0 atom stereocenters. The fraction of sp³-hybridized carbons (Fsp3) is 0.400. The Morgan fingerprint density at radius 2 is 2.07 bits per heavy atom. The second kappa shape index (κ2) is 4.86. The van der Waals surface area contributed by atoms with Crippen LogP contribution in [-0.2, 0) is 9.84 Å². The van der Waals surface area contributed by atoms with Crippen LogP contribution in [0.1, 0.15) is 5.56 Å². The van der Waals surface area contributed by atoms with Crippen LogP contribution in [0.25, 0.3) is 0 Å². The molecule has 0 aliphatic carbocycles. The van der Waals surface area contributed by atoms with Crippen molar-refractivity contribution in [3.63, 3.8) is 0 Å². The molecule has 0 aliphatic rings. The molecule has 3 nitrogen and oxygen atoms in total. The highest BCUT2D eigenvalue weighted by atomic mass is 35.5. The van der Waals surface area contributed by atoms with Crippen molar-refractivity contribution in [2.75, 3.05) is 23.9 Å². The van der Waals surface area contributed by atoms with E-state index < -0.39 is 9.84 Å². The number of sulfone groups is 1. The van der Waals surface area contributed by atoms with Crippen molar-refractivity contribution in [2.45, 2.75) is 6.92 Å². The number of aryl methyl sites for hydroxylation is 1. The Hall–Kier alpha value is -0.740. The molecule has 0 fully saturated rings. The molecule has 0 heterocycles. The van der Waals surface area contributed by atoms with Crippen molar-refractivity contribution in [1.82, 2.24) is 0 Å². The first-order valence-corrected chi connectivity index (χ1v) is 7.01. The molecule has 0 amide bonds. The van der Waals surface area contributed by atoms with E-state index in [4.69, 9.17) is 11.6 Å². The van der Waals surface area contributed by atoms with Crippen molar-refractivity contribution in [3.05, 3.63) is 28.8 Å². The van der Waals surface area contributed by atoms with Gasteiger partial charge in [-0.3, -0.25) is 0 Å². The zero-order chi connectivity index (χ0) is 11.5. The van der Waals surface area contributed by atoms with Crippen LogP contribution in [0.2, 0.25) is 5.02 Å². The van der Waals surface area contributed by atoms with Crippen molar-refractivity contribution in [1.29, 1.82) is 0 Å². The van der Waals surface area contributed by atoms with Crippen LogP contribution in [0.5, 0.6) is 0 Å². The highest BCUT2D eigenvalue weighted by Crippen LogP contribution is 2.24. The summed E-state index contributed by atoms with van der Waals surface area (Å²) in [4.78, 5) is 0. The van der Waals surface area contributed by atoms with E-state index in [0.717, 1.165) is 11.3 Å². The van der Waals surface area contributed by atoms with Gasteiger partial charge >= 0.3 is 0 Å². The number of halogens is 1. The van der Waals surface area contributed by atoms with Gasteiger partial charge in [0.15, 0.2) is 0 Å². The van der Waals surface area contributed by atoms with Crippen molar-refractivity contribution >= 4 is 27.1 Å². The Labute approximate surface area is 95.4 Å². The number of benzene rings is 1. The predicted molar refractivity (Wildman–Crippen MR) is 64.4 cm³/mol. The lowest BCUT2D eigenvalue weighted by Crippen LogP contribution is -2.14. The smallest absolute Gasteiger partial charge is 0.149 e. The molecular formula is C10H14ClNO2S. The van der Waals surface area contributed by atoms with Crippen molar-refractivity contribution < 1.29 is 8.42 Å². The van der Waals surface area contributed by atoms with Crippen LogP contribution in [-0.4, -0.2) is 27.0 Å². The number of hydrogen-bond acceptors (Lipinski definition) is 3. The number of nitrogens with one attached hydrogen (secondary N) is 1. The fourth-order valence-corrected chi connectivity index (χ4v) is 1.98. The zero-order valence-electron chi connectivity index (χ0n) is 8.75. The molecule has 1 aromatic rings. The molecule has 1 aromatic carbocycles. The maximum atomic E-state index is 10.9. The van der Waals surface area contributed by atoms with Gasteiger partial charge in [-0.2, -0.15) is 0 Å². The summed E-state index contributed by atoms with van der Waals surface area (Å²) in [6.07, 6.45) is 1.22. The van der Waals surface area contributed by atoms with Gasteiger partial charge in [0.05, 0.1) is 16.5 Å². The number of hydrogen-bond donors (Lipinski definition) is 1. The minimum absolute atomic E-state index is 0.109. The normalized spacial score (nSPS) is 11.4. The molecular weight excluding hydrogens is 234 g/mol. The van der Waals surface area contributed by atoms with Gasteiger partial charge in [0.1, 0.15) is 9.84 Å². The standard InChI is InChI=1S/C10H14ClNO2S/c1-8-4-3-5-9(11)10(8)12-6-7-15(2,13)14/h3-5,12H,6-7H2,1-2H3. The van der Waals surface area contributed by atoms with Crippen LogP contribution < -0.4 is 5.32 Å². The Morgan fingerprint density at radius 1 is 1.40 bits per heavy atom. The van der Waals surface area contributed by atoms with Gasteiger partial charge in [-0.15, -0.1) is 0 Å². The molecule has 5 heteroatoms. The lowest BCUT2D eigenvalue weighted by atomic mass is 10.2. The third-order valence-corrected chi connectivity index (χ3v) is 3.26. The van der Waals surface area contributed by atoms with Gasteiger partial charge in [-0.05, 0) is 18.6 Å². The lowest BCUT2D eigenvalue weighted by Gasteiger charge is -2.10. The fourth-order valence-electron chi connectivity index (χ4n) is 1.22. The number of rotatable bonds is 4. The first-order valence-electron chi connectivity index (χ1n) is 4.57. The molecule has 0 radical (unpaired) electrons. The van der Waals surface area contributed by atoms with Gasteiger partial charge in [0.25, 0.3) is 0 Å². The topological polar surface area (TPSA) is 46.2 Å². The maximum Gasteiger partial charge on any atom is 0.149 e. The van der Waals surface area contributed by atoms with Crippen LogP contribution in [0.15, 0.2) is 18.2 Å². The summed E-state index contributed by atoms with van der Waals surface area (Å²) >= 11 is 5.97. The van der Waals surface area contributed by atoms with E-state index in [1.165, 1.54) is 6.26 Å². The second-order valence-corrected chi connectivity index (χ2v) is 6.16. The summed E-state index contributed by atoms with van der Waals surface area (Å²) < 4.78 is 21.8. The average molecular weight is 248 g/mol. The summed E-state index contributed by atoms with van der Waals surface area (Å²) in [6.45, 7) is 2.30. The number of para-hydroxylation sites is 1. The molecule has 0 aromatic heterocycles. The third-order valence-electron chi connectivity index (χ3n) is 2.00. The first-order chi connectivity index (χ1) is 6.90. The molecule has 0 saturated carbocycles. The zero-order valence-corrected chi connectivity index (χ0v) is 10.3. The third kappa shape index (κ3) is 4.10. The SMILES string of the molecule is Cc1cccc(Cl)c1NCCS(C)(=O)=O. The first kappa shape index (κ1) is 12.3. The Balaban J connectivity index is 2.66. The summed E-state index contributed by atoms with van der Waals surface area (Å²) in [5.74, 6) is 0.109. The van der Waals surface area contributed by atoms with E-state index in [9.17, 15) is 8.42 Å². The molecule has 1 N–H and O–H groups in total. The van der Waals surface area contributed by atoms with E-state index in [0.29, 0.717) is 11.6 Å². The lowest BCUT2D eigenvalue weighted by molar-refractivity contribution is 0.602. The molecule has 0 aliphatic heterocycles. The van der Waals surface area contributed by atoms with Gasteiger partial charge in [-0.1, -0.05) is 23.7 Å². The summed E-state index contributed by atoms with van der Waals surface area (Å²) in [6, 6.07) is 5.56. The summed E-state index contributed by atoms with van der Waals surface area (Å²) in [7, 11) is -2.93. The molecule has 0 bridgehead atoms. The van der Waals surface area contributed by atoms with Crippen LogP contribution >= 0.6 is 11.6 Å². The highest BCUT2D eigenvalue weighted by Gasteiger charge is 2.05. The van der Waals surface area contributed by atoms with E-state index in [2.05, 4.69) is 5.32 Å². The molecule has 84 valence electrons.